The second kappa shape index (κ2) is 12.9. The Morgan fingerprint density at radius 2 is 1.50 bits per heavy atom. The number of benzene rings is 6. The van der Waals surface area contributed by atoms with E-state index in [9.17, 15) is 0 Å². The van der Waals surface area contributed by atoms with Gasteiger partial charge in [-0.3, -0.25) is 0 Å². The minimum absolute atomic E-state index is 0. The average Bonchev–Trinajstić information content (AvgIpc) is 3.87. The summed E-state index contributed by atoms with van der Waals surface area (Å²) < 4.78 is 40.1. The van der Waals surface area contributed by atoms with Gasteiger partial charge in [-0.1, -0.05) is 99.1 Å². The molecule has 268 valence electrons. The maximum absolute atomic E-state index is 8.36. The van der Waals surface area contributed by atoms with Crippen molar-refractivity contribution in [2.45, 2.75) is 26.2 Å². The molecule has 0 N–H and O–H groups in total. The Kier molecular flexibility index (Phi) is 7.33. The van der Waals surface area contributed by atoms with Crippen molar-refractivity contribution in [3.05, 3.63) is 158 Å². The van der Waals surface area contributed by atoms with Crippen molar-refractivity contribution in [3.8, 4) is 28.4 Å². The van der Waals surface area contributed by atoms with Gasteiger partial charge in [0, 0.05) is 76.6 Å². The van der Waals surface area contributed by atoms with Crippen molar-refractivity contribution in [3.63, 3.8) is 0 Å². The zero-order valence-electron chi connectivity index (χ0n) is 32.7. The van der Waals surface area contributed by atoms with Gasteiger partial charge in [0.15, 0.2) is 0 Å². The summed E-state index contributed by atoms with van der Waals surface area (Å²) >= 11 is 0. The quantitative estimate of drug-likeness (QED) is 0.161. The molecule has 6 nitrogen and oxygen atoms in total. The number of hydrogen-bond acceptors (Lipinski definition) is 5. The van der Waals surface area contributed by atoms with Crippen LogP contribution in [0.15, 0.2) is 138 Å². The third-order valence-electron chi connectivity index (χ3n) is 10.0. The van der Waals surface area contributed by atoms with E-state index in [1.54, 1.807) is 6.67 Å². The number of pyridine rings is 1. The number of furan rings is 1. The average molecular weight is 886 g/mol. The van der Waals surface area contributed by atoms with Crippen LogP contribution in [0, 0.1) is 18.8 Å². The monoisotopic (exact) mass is 885 g/mol. The van der Waals surface area contributed by atoms with E-state index in [1.807, 2.05) is 114 Å². The van der Waals surface area contributed by atoms with Crippen LogP contribution < -0.4 is 14.5 Å². The van der Waals surface area contributed by atoms with Gasteiger partial charge in [0.1, 0.15) is 17.0 Å². The summed E-state index contributed by atoms with van der Waals surface area (Å²) in [5, 5.41) is 4.06. The molecule has 0 spiro atoms. The Morgan fingerprint density at radius 1 is 0.704 bits per heavy atom. The van der Waals surface area contributed by atoms with Crippen LogP contribution in [0.1, 0.15) is 30.4 Å². The van der Waals surface area contributed by atoms with Crippen molar-refractivity contribution in [2.75, 3.05) is 16.8 Å². The predicted octanol–water partition coefficient (Wildman–Crippen LogP) is 12.1. The number of fused-ring (bicyclic) bond motifs is 7. The molecule has 0 amide bonds. The van der Waals surface area contributed by atoms with E-state index in [0.717, 1.165) is 66.1 Å². The first-order valence-corrected chi connectivity index (χ1v) is 17.6. The van der Waals surface area contributed by atoms with Gasteiger partial charge < -0.3 is 23.5 Å². The summed E-state index contributed by atoms with van der Waals surface area (Å²) in [5.41, 5.74) is 8.10. The number of anilines is 3. The van der Waals surface area contributed by atoms with Crippen molar-refractivity contribution in [2.24, 2.45) is 0 Å². The van der Waals surface area contributed by atoms with Crippen LogP contribution in [0.2, 0.25) is 0 Å². The molecule has 7 heteroatoms. The fourth-order valence-electron chi connectivity index (χ4n) is 7.33. The van der Waals surface area contributed by atoms with Gasteiger partial charge in [-0.2, -0.15) is 12.7 Å². The molecule has 1 aliphatic rings. The molecule has 9 aromatic rings. The van der Waals surface area contributed by atoms with Crippen molar-refractivity contribution in [1.82, 2.24) is 9.55 Å². The Morgan fingerprint density at radius 3 is 2.33 bits per heavy atom. The molecule has 3 aromatic heterocycles. The van der Waals surface area contributed by atoms with E-state index in [1.165, 1.54) is 4.90 Å². The van der Waals surface area contributed by atoms with Gasteiger partial charge in [-0.15, -0.1) is 47.0 Å². The molecule has 0 fully saturated rings. The fraction of sp³-hybridized carbons (Fsp3) is 0.106. The van der Waals surface area contributed by atoms with Crippen molar-refractivity contribution >= 4 is 60.8 Å². The summed E-state index contributed by atoms with van der Waals surface area (Å²) in [6.45, 7) is 5.66. The molecule has 0 saturated carbocycles. The van der Waals surface area contributed by atoms with E-state index in [4.69, 9.17) is 18.3 Å². The molecule has 0 unspecified atom stereocenters. The van der Waals surface area contributed by atoms with Gasteiger partial charge >= 0.3 is 0 Å². The number of hydrogen-bond donors (Lipinski definition) is 0. The molecular formula is C47H35N4O2Pt-3. The molecule has 6 aromatic carbocycles. The molecule has 0 atom stereocenters. The largest absolute Gasteiger partial charge is 0.509 e. The Bertz CT molecular complexity index is 2990. The van der Waals surface area contributed by atoms with Crippen LogP contribution in [0.4, 0.5) is 17.1 Å². The van der Waals surface area contributed by atoms with E-state index >= 15 is 0 Å². The van der Waals surface area contributed by atoms with Gasteiger partial charge in [0.2, 0.25) is 0 Å². The first-order chi connectivity index (χ1) is 27.0. The third kappa shape index (κ3) is 5.64. The first-order valence-electron chi connectivity index (χ1n) is 19.1. The predicted molar refractivity (Wildman–Crippen MR) is 215 cm³/mol. The topological polar surface area (TPSA) is 46.7 Å². The maximum Gasteiger partial charge on any atom is 0.140 e. The van der Waals surface area contributed by atoms with Gasteiger partial charge in [0.05, 0.1) is 0 Å². The van der Waals surface area contributed by atoms with Crippen LogP contribution in [-0.2, 0) is 26.5 Å². The summed E-state index contributed by atoms with van der Waals surface area (Å²) in [4.78, 5) is 8.16. The number of ether oxygens (including phenoxy) is 1. The SMILES string of the molecule is [2H]C([2H])([2H])N1[CH-]N(c2[c-]c(Oc3[c-]c4c(cc3)c3ccccc3n4-c3cc4oc5ccccc5c4cn3)cc(C(C)(C)C)c2)c2cc(-c3ccccc3)ccc21.[Pt]. The number of para-hydroxylation sites is 2. The standard InChI is InChI=1S/C47H35N4O2.Pt/c1-47(2,3)32-23-33(50-29-49(4)41-21-18-31(22-43(41)50)30-12-6-5-7-13-30)25-35(24-32)52-34-19-20-37-36-14-8-10-16-40(36)51(42(37)26-34)46-27-45-39(28-48-46)38-15-9-11-17-44(38)53-45;/h5-24,27-29H,1-4H3;/q-3;/i4D3;. The molecule has 0 saturated heterocycles. The fourth-order valence-corrected chi connectivity index (χ4v) is 7.33. The van der Waals surface area contributed by atoms with Crippen LogP contribution in [-0.4, -0.2) is 16.5 Å². The van der Waals surface area contributed by atoms with Crippen LogP contribution in [0.5, 0.6) is 11.5 Å². The van der Waals surface area contributed by atoms with Crippen LogP contribution in [0.25, 0.3) is 60.7 Å². The summed E-state index contributed by atoms with van der Waals surface area (Å²) in [7, 11) is 0. The van der Waals surface area contributed by atoms with Crippen LogP contribution >= 0.6 is 0 Å². The molecule has 54 heavy (non-hydrogen) atoms. The van der Waals surface area contributed by atoms with Gasteiger partial charge in [0.25, 0.3) is 0 Å². The van der Waals surface area contributed by atoms with Crippen LogP contribution in [0.3, 0.4) is 0 Å². The molecule has 10 rings (SSSR count). The third-order valence-corrected chi connectivity index (χ3v) is 10.0. The Hall–Kier alpha value is -5.84. The molecular weight excluding hydrogens is 848 g/mol. The molecule has 4 heterocycles. The van der Waals surface area contributed by atoms with E-state index in [0.29, 0.717) is 28.7 Å². The zero-order chi connectivity index (χ0) is 38.3. The van der Waals surface area contributed by atoms with E-state index < -0.39 is 6.98 Å². The second-order valence-electron chi connectivity index (χ2n) is 14.5. The second-order valence-corrected chi connectivity index (χ2v) is 14.5. The maximum atomic E-state index is 8.36. The summed E-state index contributed by atoms with van der Waals surface area (Å²) in [5.74, 6) is 1.69. The smallest absolute Gasteiger partial charge is 0.140 e. The normalized spacial score (nSPS) is 13.9. The Labute approximate surface area is 332 Å². The van der Waals surface area contributed by atoms with Gasteiger partial charge in [-0.25, -0.2) is 4.98 Å². The first kappa shape index (κ1) is 30.6. The minimum Gasteiger partial charge on any atom is -0.509 e. The Balaban J connectivity index is 0.00000422. The van der Waals surface area contributed by atoms with E-state index in [2.05, 4.69) is 61.7 Å². The molecule has 0 radical (unpaired) electrons. The van der Waals surface area contributed by atoms with Crippen molar-refractivity contribution in [1.29, 1.82) is 0 Å². The summed E-state index contributed by atoms with van der Waals surface area (Å²) in [6, 6.07) is 49.2. The molecule has 0 bridgehead atoms. The number of rotatable bonds is 5. The van der Waals surface area contributed by atoms with E-state index in [-0.39, 0.29) is 26.5 Å². The minimum atomic E-state index is -2.40. The zero-order valence-corrected chi connectivity index (χ0v) is 32.0. The number of aromatic nitrogens is 2. The van der Waals surface area contributed by atoms with Gasteiger partial charge in [-0.05, 0) is 53.2 Å². The van der Waals surface area contributed by atoms with Crippen molar-refractivity contribution < 1.29 is 34.3 Å². The summed E-state index contributed by atoms with van der Waals surface area (Å²) in [6.07, 6.45) is 1.87. The number of nitrogens with zero attached hydrogens (tertiary/aromatic N) is 4. The molecule has 1 aliphatic heterocycles. The molecule has 0 aliphatic carbocycles.